The van der Waals surface area contributed by atoms with Crippen molar-refractivity contribution in [2.75, 3.05) is 12.4 Å². The van der Waals surface area contributed by atoms with Crippen LogP contribution in [-0.4, -0.2) is 29.0 Å². The van der Waals surface area contributed by atoms with Crippen molar-refractivity contribution in [2.45, 2.75) is 6.61 Å². The first-order chi connectivity index (χ1) is 18.0. The van der Waals surface area contributed by atoms with Crippen LogP contribution in [0.2, 0.25) is 5.02 Å². The van der Waals surface area contributed by atoms with Crippen molar-refractivity contribution < 1.29 is 36.2 Å². The van der Waals surface area contributed by atoms with Crippen molar-refractivity contribution in [2.24, 2.45) is 7.05 Å². The summed E-state index contributed by atoms with van der Waals surface area (Å²) in [4.78, 5) is 26.5. The third-order valence-electron chi connectivity index (χ3n) is 5.49. The van der Waals surface area contributed by atoms with Gasteiger partial charge in [0.1, 0.15) is 40.2 Å². The highest BCUT2D eigenvalue weighted by molar-refractivity contribution is 6.30. The van der Waals surface area contributed by atoms with Gasteiger partial charge in [0.2, 0.25) is 0 Å². The quantitative estimate of drug-likeness (QED) is 0.295. The van der Waals surface area contributed by atoms with Crippen LogP contribution in [0.15, 0.2) is 59.4 Å². The topological polar surface area (TPSA) is 74.5 Å². The van der Waals surface area contributed by atoms with E-state index >= 15 is 8.78 Å². The number of hydrogen-bond donors (Lipinski definition) is 1. The molecule has 1 aromatic heterocycles. The maximum atomic E-state index is 15.1. The van der Waals surface area contributed by atoms with Gasteiger partial charge in [-0.2, -0.15) is 8.78 Å². The molecule has 7 nitrogen and oxygen atoms in total. The normalized spacial score (nSPS) is 11.1. The van der Waals surface area contributed by atoms with Gasteiger partial charge in [-0.25, -0.2) is 17.9 Å². The molecule has 0 unspecified atom stereocenters. The number of halogens is 6. The smallest absolute Gasteiger partial charge is 0.387 e. The van der Waals surface area contributed by atoms with Gasteiger partial charge in [0.05, 0.1) is 17.7 Å². The summed E-state index contributed by atoms with van der Waals surface area (Å²) < 4.78 is 80.7. The molecule has 1 heterocycles. The zero-order chi connectivity index (χ0) is 27.7. The molecule has 3 aromatic carbocycles. The van der Waals surface area contributed by atoms with Crippen LogP contribution in [0, 0.1) is 17.5 Å². The van der Waals surface area contributed by atoms with E-state index in [2.05, 4.69) is 10.1 Å². The highest BCUT2D eigenvalue weighted by Crippen LogP contribution is 2.35. The van der Waals surface area contributed by atoms with Crippen molar-refractivity contribution >= 4 is 23.2 Å². The van der Waals surface area contributed by atoms with Crippen LogP contribution in [0.25, 0.3) is 16.9 Å². The molecule has 0 spiro atoms. The average Bonchev–Trinajstić information content (AvgIpc) is 3.09. The number of carbonyl (C=O) groups excluding carboxylic acids is 1. The van der Waals surface area contributed by atoms with E-state index in [0.29, 0.717) is 0 Å². The summed E-state index contributed by atoms with van der Waals surface area (Å²) in [6.45, 7) is -3.08. The maximum absolute atomic E-state index is 15.1. The fourth-order valence-electron chi connectivity index (χ4n) is 3.80. The standard InChI is InChI=1S/C25H17ClF5N3O4/c1-33-22(19-16(27)10-14(37-2)11-17(19)28)21(24(36)34(33)18-5-3-4-15(26)20(18)29)32-23(35)12-6-8-13(9-7-12)38-25(30)31/h3-11,25H,1-2H3,(H,32,35). The van der Waals surface area contributed by atoms with Gasteiger partial charge in [-0.15, -0.1) is 0 Å². The molecule has 0 saturated heterocycles. The Hall–Kier alpha value is -4.32. The minimum atomic E-state index is -3.08. The largest absolute Gasteiger partial charge is 0.497 e. The van der Waals surface area contributed by atoms with Crippen LogP contribution in [0.4, 0.5) is 27.6 Å². The molecular formula is C25H17ClF5N3O4. The van der Waals surface area contributed by atoms with Gasteiger partial charge in [0.25, 0.3) is 11.5 Å². The molecule has 0 radical (unpaired) electrons. The lowest BCUT2D eigenvalue weighted by atomic mass is 10.1. The van der Waals surface area contributed by atoms with Crippen LogP contribution in [0.3, 0.4) is 0 Å². The zero-order valence-corrected chi connectivity index (χ0v) is 20.3. The molecule has 4 rings (SSSR count). The third-order valence-corrected chi connectivity index (χ3v) is 5.79. The summed E-state index contributed by atoms with van der Waals surface area (Å²) in [6.07, 6.45) is 0. The van der Waals surface area contributed by atoms with Crippen LogP contribution >= 0.6 is 11.6 Å². The number of nitrogens with zero attached hydrogens (tertiary/aromatic N) is 2. The molecule has 0 fully saturated rings. The predicted molar refractivity (Wildman–Crippen MR) is 129 cm³/mol. The number of amides is 1. The lowest BCUT2D eigenvalue weighted by Gasteiger charge is -2.13. The maximum Gasteiger partial charge on any atom is 0.387 e. The minimum absolute atomic E-state index is 0.100. The Balaban J connectivity index is 1.90. The van der Waals surface area contributed by atoms with Crippen molar-refractivity contribution in [3.8, 4) is 28.4 Å². The van der Waals surface area contributed by atoms with E-state index in [-0.39, 0.29) is 27.8 Å². The first-order valence-corrected chi connectivity index (χ1v) is 11.1. The molecule has 1 amide bonds. The molecule has 0 bridgehead atoms. The van der Waals surface area contributed by atoms with Crippen LogP contribution in [0.1, 0.15) is 10.4 Å². The van der Waals surface area contributed by atoms with Crippen molar-refractivity contribution in [1.82, 2.24) is 9.36 Å². The minimum Gasteiger partial charge on any atom is -0.497 e. The first-order valence-electron chi connectivity index (χ1n) is 10.7. The van der Waals surface area contributed by atoms with E-state index in [1.165, 1.54) is 32.4 Å². The molecular weight excluding hydrogens is 537 g/mol. The van der Waals surface area contributed by atoms with Gasteiger partial charge >= 0.3 is 6.61 Å². The van der Waals surface area contributed by atoms with Gasteiger partial charge in [-0.3, -0.25) is 14.3 Å². The Morgan fingerprint density at radius 2 is 1.63 bits per heavy atom. The summed E-state index contributed by atoms with van der Waals surface area (Å²) in [7, 11) is 2.43. The molecule has 198 valence electrons. The Bertz CT molecular complexity index is 1560. The lowest BCUT2D eigenvalue weighted by molar-refractivity contribution is -0.0498. The van der Waals surface area contributed by atoms with E-state index in [9.17, 15) is 22.8 Å². The Labute approximate surface area is 216 Å². The fourth-order valence-corrected chi connectivity index (χ4v) is 3.97. The SMILES string of the molecule is COc1cc(F)c(-c2c(NC(=O)c3ccc(OC(F)F)cc3)c(=O)n(-c3cccc(Cl)c3F)n2C)c(F)c1. The highest BCUT2D eigenvalue weighted by Gasteiger charge is 2.28. The summed E-state index contributed by atoms with van der Waals surface area (Å²) in [5, 5.41) is 1.98. The lowest BCUT2D eigenvalue weighted by Crippen LogP contribution is -2.23. The molecule has 0 saturated carbocycles. The van der Waals surface area contributed by atoms with Crippen molar-refractivity contribution in [3.63, 3.8) is 0 Å². The van der Waals surface area contributed by atoms with Crippen LogP contribution in [0.5, 0.6) is 11.5 Å². The number of ether oxygens (including phenoxy) is 2. The number of methoxy groups -OCH3 is 1. The number of carbonyl (C=O) groups is 1. The number of rotatable bonds is 7. The van der Waals surface area contributed by atoms with Crippen LogP contribution < -0.4 is 20.3 Å². The second-order valence-corrected chi connectivity index (χ2v) is 8.17. The molecule has 13 heteroatoms. The van der Waals surface area contributed by atoms with E-state index < -0.39 is 52.5 Å². The van der Waals surface area contributed by atoms with E-state index in [4.69, 9.17) is 16.3 Å². The summed E-state index contributed by atoms with van der Waals surface area (Å²) >= 11 is 5.86. The van der Waals surface area contributed by atoms with Gasteiger partial charge in [0, 0.05) is 24.7 Å². The van der Waals surface area contributed by atoms with Gasteiger partial charge < -0.3 is 14.8 Å². The molecule has 0 atom stereocenters. The Morgan fingerprint density at radius 1 is 1.00 bits per heavy atom. The van der Waals surface area contributed by atoms with Crippen molar-refractivity contribution in [1.29, 1.82) is 0 Å². The molecule has 0 aliphatic heterocycles. The Kier molecular flexibility index (Phi) is 7.44. The monoisotopic (exact) mass is 553 g/mol. The zero-order valence-electron chi connectivity index (χ0n) is 19.6. The third kappa shape index (κ3) is 4.94. The molecule has 4 aromatic rings. The van der Waals surface area contributed by atoms with E-state index in [1.807, 2.05) is 0 Å². The molecule has 1 N–H and O–H groups in total. The van der Waals surface area contributed by atoms with Crippen LogP contribution in [-0.2, 0) is 7.05 Å². The summed E-state index contributed by atoms with van der Waals surface area (Å²) in [5.74, 6) is -4.56. The number of hydrogen-bond acceptors (Lipinski definition) is 4. The van der Waals surface area contributed by atoms with E-state index in [1.54, 1.807) is 0 Å². The molecule has 0 aliphatic rings. The van der Waals surface area contributed by atoms with Gasteiger partial charge in [-0.05, 0) is 36.4 Å². The second kappa shape index (κ2) is 10.6. The van der Waals surface area contributed by atoms with Gasteiger partial charge in [-0.1, -0.05) is 17.7 Å². The number of alkyl halides is 2. The molecule has 38 heavy (non-hydrogen) atoms. The second-order valence-electron chi connectivity index (χ2n) is 7.76. The van der Waals surface area contributed by atoms with Crippen molar-refractivity contribution in [3.05, 3.63) is 93.0 Å². The van der Waals surface area contributed by atoms with Gasteiger partial charge in [0.15, 0.2) is 5.82 Å². The first kappa shape index (κ1) is 26.7. The van der Waals surface area contributed by atoms with E-state index in [0.717, 1.165) is 45.8 Å². The average molecular weight is 554 g/mol. The molecule has 0 aliphatic carbocycles. The number of benzene rings is 3. The predicted octanol–water partition coefficient (Wildman–Crippen LogP) is 5.78. The number of aromatic nitrogens is 2. The summed E-state index contributed by atoms with van der Waals surface area (Å²) in [5.41, 5.74) is -3.22. The number of nitrogens with one attached hydrogen (secondary N) is 1. The Morgan fingerprint density at radius 3 is 2.21 bits per heavy atom. The number of anilines is 1. The fraction of sp³-hybridized carbons (Fsp3) is 0.120. The summed E-state index contributed by atoms with van der Waals surface area (Å²) in [6, 6.07) is 10.0. The highest BCUT2D eigenvalue weighted by atomic mass is 35.5.